The zero-order valence-electron chi connectivity index (χ0n) is 17.8. The fourth-order valence-electron chi connectivity index (χ4n) is 5.09. The van der Waals surface area contributed by atoms with Gasteiger partial charge in [-0.05, 0) is 57.2 Å². The highest BCUT2D eigenvalue weighted by atomic mass is 16.5. The van der Waals surface area contributed by atoms with Gasteiger partial charge in [-0.1, -0.05) is 5.16 Å². The van der Waals surface area contributed by atoms with Crippen LogP contribution in [0, 0.1) is 5.92 Å². The van der Waals surface area contributed by atoms with Crippen LogP contribution in [-0.2, 0) is 9.53 Å². The third-order valence-corrected chi connectivity index (χ3v) is 6.91. The number of carbonyl (C=O) groups excluding carboxylic acids is 1. The van der Waals surface area contributed by atoms with E-state index < -0.39 is 0 Å². The van der Waals surface area contributed by atoms with Crippen LogP contribution in [-0.4, -0.2) is 64.8 Å². The number of nitrogens with two attached hydrogens (primary N) is 1. The maximum absolute atomic E-state index is 11.4. The molecule has 2 aromatic heterocycles. The molecular weight excluding hydrogens is 396 g/mol. The molecule has 9 heteroatoms. The predicted molar refractivity (Wildman–Crippen MR) is 114 cm³/mol. The minimum Gasteiger partial charge on any atom is -0.381 e. The van der Waals surface area contributed by atoms with E-state index in [4.69, 9.17) is 20.0 Å². The largest absolute Gasteiger partial charge is 0.381 e. The van der Waals surface area contributed by atoms with Crippen LogP contribution in [0.4, 0.5) is 5.82 Å². The van der Waals surface area contributed by atoms with Crippen molar-refractivity contribution >= 4 is 11.7 Å². The average molecular weight is 427 g/mol. The number of ether oxygens (including phenoxy) is 1. The van der Waals surface area contributed by atoms with E-state index in [9.17, 15) is 4.79 Å². The standard InChI is InChI=1S/C22H30N6O3/c23-20(29)15-5-10-27(11-6-15)19-4-3-16(14-24-19)21-25-22(31-26-21)18-2-1-9-28(18)17-7-12-30-13-8-17/h3-4,14-15,17-18H,1-2,5-13H2,(H2,23,29). The van der Waals surface area contributed by atoms with Crippen molar-refractivity contribution in [3.05, 3.63) is 24.2 Å². The highest BCUT2D eigenvalue weighted by Gasteiger charge is 2.36. The molecule has 3 aliphatic heterocycles. The third kappa shape index (κ3) is 4.29. The number of piperidine rings is 1. The van der Waals surface area contributed by atoms with Crippen molar-refractivity contribution in [2.45, 2.75) is 50.6 Å². The van der Waals surface area contributed by atoms with E-state index in [1.807, 2.05) is 12.1 Å². The van der Waals surface area contributed by atoms with Crippen LogP contribution in [0.5, 0.6) is 0 Å². The molecule has 1 atom stereocenters. The van der Waals surface area contributed by atoms with Crippen molar-refractivity contribution in [2.24, 2.45) is 11.7 Å². The van der Waals surface area contributed by atoms with E-state index >= 15 is 0 Å². The molecule has 1 amide bonds. The second-order valence-electron chi connectivity index (χ2n) is 8.76. The van der Waals surface area contributed by atoms with Crippen LogP contribution in [0.1, 0.15) is 50.5 Å². The number of amides is 1. The van der Waals surface area contributed by atoms with Crippen molar-refractivity contribution in [2.75, 3.05) is 37.7 Å². The summed E-state index contributed by atoms with van der Waals surface area (Å²) in [7, 11) is 0. The first-order chi connectivity index (χ1) is 15.2. The van der Waals surface area contributed by atoms with Crippen molar-refractivity contribution in [1.82, 2.24) is 20.0 Å². The van der Waals surface area contributed by atoms with Gasteiger partial charge in [0.05, 0.1) is 6.04 Å². The van der Waals surface area contributed by atoms with Crippen molar-refractivity contribution in [3.8, 4) is 11.4 Å². The van der Waals surface area contributed by atoms with Gasteiger partial charge in [0.2, 0.25) is 17.6 Å². The predicted octanol–water partition coefficient (Wildman–Crippen LogP) is 2.15. The number of aromatic nitrogens is 3. The van der Waals surface area contributed by atoms with Crippen molar-refractivity contribution in [3.63, 3.8) is 0 Å². The lowest BCUT2D eigenvalue weighted by molar-refractivity contribution is -0.122. The van der Waals surface area contributed by atoms with Crippen LogP contribution >= 0.6 is 0 Å². The molecule has 3 aliphatic rings. The SMILES string of the molecule is NC(=O)C1CCN(c2ccc(-c3noc(C4CCCN4C4CCOCC4)n3)cn2)CC1. The van der Waals surface area contributed by atoms with Crippen LogP contribution in [0.25, 0.3) is 11.4 Å². The van der Waals surface area contributed by atoms with Gasteiger partial charge in [-0.2, -0.15) is 4.98 Å². The maximum atomic E-state index is 11.4. The van der Waals surface area contributed by atoms with E-state index in [-0.39, 0.29) is 17.9 Å². The quantitative estimate of drug-likeness (QED) is 0.774. The summed E-state index contributed by atoms with van der Waals surface area (Å²) in [5.41, 5.74) is 6.28. The van der Waals surface area contributed by atoms with E-state index in [2.05, 4.69) is 19.9 Å². The summed E-state index contributed by atoms with van der Waals surface area (Å²) in [5.74, 6) is 1.96. The summed E-state index contributed by atoms with van der Waals surface area (Å²) in [4.78, 5) is 25.4. The Morgan fingerprint density at radius 3 is 2.58 bits per heavy atom. The van der Waals surface area contributed by atoms with E-state index in [0.29, 0.717) is 17.8 Å². The highest BCUT2D eigenvalue weighted by Crippen LogP contribution is 2.36. The van der Waals surface area contributed by atoms with E-state index in [1.54, 1.807) is 6.20 Å². The summed E-state index contributed by atoms with van der Waals surface area (Å²) in [6, 6.07) is 4.71. The smallest absolute Gasteiger partial charge is 0.244 e. The van der Waals surface area contributed by atoms with Gasteiger partial charge in [0.25, 0.3) is 0 Å². The van der Waals surface area contributed by atoms with Gasteiger partial charge in [-0.15, -0.1) is 0 Å². The zero-order valence-corrected chi connectivity index (χ0v) is 17.8. The maximum Gasteiger partial charge on any atom is 0.244 e. The number of hydrogen-bond donors (Lipinski definition) is 1. The Labute approximate surface area is 181 Å². The number of hydrogen-bond acceptors (Lipinski definition) is 8. The fourth-order valence-corrected chi connectivity index (χ4v) is 5.09. The van der Waals surface area contributed by atoms with Crippen LogP contribution in [0.2, 0.25) is 0 Å². The molecule has 5 heterocycles. The Balaban J connectivity index is 1.25. The molecule has 2 aromatic rings. The highest BCUT2D eigenvalue weighted by molar-refractivity contribution is 5.77. The molecule has 2 N–H and O–H groups in total. The Kier molecular flexibility index (Phi) is 5.87. The second-order valence-corrected chi connectivity index (χ2v) is 8.76. The normalized spacial score (nSPS) is 24.0. The first-order valence-corrected chi connectivity index (χ1v) is 11.4. The number of rotatable bonds is 5. The Morgan fingerprint density at radius 1 is 1.06 bits per heavy atom. The molecule has 0 saturated carbocycles. The molecule has 0 aromatic carbocycles. The minimum absolute atomic E-state index is 0.0236. The Morgan fingerprint density at radius 2 is 1.87 bits per heavy atom. The van der Waals surface area contributed by atoms with Crippen molar-refractivity contribution in [1.29, 1.82) is 0 Å². The number of anilines is 1. The molecular formula is C22H30N6O3. The molecule has 0 aliphatic carbocycles. The van der Waals surface area contributed by atoms with Gasteiger partial charge in [0, 0.05) is 50.0 Å². The molecule has 3 fully saturated rings. The van der Waals surface area contributed by atoms with Crippen LogP contribution < -0.4 is 10.6 Å². The molecule has 166 valence electrons. The van der Waals surface area contributed by atoms with E-state index in [1.165, 1.54) is 0 Å². The molecule has 3 saturated heterocycles. The summed E-state index contributed by atoms with van der Waals surface area (Å²) in [5, 5.41) is 4.24. The lowest BCUT2D eigenvalue weighted by Gasteiger charge is -2.33. The van der Waals surface area contributed by atoms with Crippen molar-refractivity contribution < 1.29 is 14.1 Å². The minimum atomic E-state index is -0.200. The van der Waals surface area contributed by atoms with Gasteiger partial charge >= 0.3 is 0 Å². The number of primary amides is 1. The van der Waals surface area contributed by atoms with E-state index in [0.717, 1.165) is 82.8 Å². The third-order valence-electron chi connectivity index (χ3n) is 6.91. The van der Waals surface area contributed by atoms with Gasteiger partial charge in [-0.3, -0.25) is 9.69 Å². The first-order valence-electron chi connectivity index (χ1n) is 11.4. The summed E-state index contributed by atoms with van der Waals surface area (Å²) >= 11 is 0. The Bertz CT molecular complexity index is 887. The lowest BCUT2D eigenvalue weighted by Crippen LogP contribution is -2.39. The van der Waals surface area contributed by atoms with Crippen LogP contribution in [0.15, 0.2) is 22.9 Å². The van der Waals surface area contributed by atoms with Gasteiger partial charge in [-0.25, -0.2) is 4.98 Å². The monoisotopic (exact) mass is 426 g/mol. The van der Waals surface area contributed by atoms with Crippen LogP contribution in [0.3, 0.4) is 0 Å². The summed E-state index contributed by atoms with van der Waals surface area (Å²) < 4.78 is 11.2. The lowest BCUT2D eigenvalue weighted by atomic mass is 9.96. The number of pyridine rings is 1. The van der Waals surface area contributed by atoms with Gasteiger partial charge < -0.3 is 19.9 Å². The number of carbonyl (C=O) groups is 1. The number of nitrogens with zero attached hydrogens (tertiary/aromatic N) is 5. The molecule has 0 bridgehead atoms. The Hall–Kier alpha value is -2.52. The molecule has 0 radical (unpaired) electrons. The molecule has 31 heavy (non-hydrogen) atoms. The molecule has 1 unspecified atom stereocenters. The molecule has 0 spiro atoms. The molecule has 5 rings (SSSR count). The molecule has 9 nitrogen and oxygen atoms in total. The average Bonchev–Trinajstić information content (AvgIpc) is 3.50. The van der Waals surface area contributed by atoms with Gasteiger partial charge in [0.1, 0.15) is 5.82 Å². The number of likely N-dealkylation sites (tertiary alicyclic amines) is 1. The summed E-state index contributed by atoms with van der Waals surface area (Å²) in [6.45, 7) is 4.32. The fraction of sp³-hybridized carbons (Fsp3) is 0.636. The van der Waals surface area contributed by atoms with Gasteiger partial charge in [0.15, 0.2) is 0 Å². The summed E-state index contributed by atoms with van der Waals surface area (Å²) in [6.07, 6.45) is 7.70. The second kappa shape index (κ2) is 8.92. The topological polar surface area (TPSA) is 111 Å². The zero-order chi connectivity index (χ0) is 21.2. The first kappa shape index (κ1) is 20.4.